The molecule has 1 spiro atoms. The van der Waals surface area contributed by atoms with Gasteiger partial charge in [0.05, 0.1) is 12.4 Å². The Hall–Kier alpha value is -0.510. The van der Waals surface area contributed by atoms with Crippen LogP contribution < -0.4 is 4.74 Å². The summed E-state index contributed by atoms with van der Waals surface area (Å²) in [5, 5.41) is 4.26. The van der Waals surface area contributed by atoms with Crippen molar-refractivity contribution in [3.8, 4) is 5.75 Å². The van der Waals surface area contributed by atoms with Crippen LogP contribution in [0.4, 0.5) is 0 Å². The van der Waals surface area contributed by atoms with Crippen molar-refractivity contribution in [3.63, 3.8) is 0 Å². The molecule has 2 atom stereocenters. The minimum atomic E-state index is 0.392. The zero-order valence-electron chi connectivity index (χ0n) is 10.2. The first-order valence-electron chi connectivity index (χ1n) is 6.58. The Labute approximate surface area is 111 Å². The molecule has 0 bridgehead atoms. The zero-order chi connectivity index (χ0) is 11.9. The predicted molar refractivity (Wildman–Crippen MR) is 70.6 cm³/mol. The zero-order valence-corrected chi connectivity index (χ0v) is 11.8. The average Bonchev–Trinajstić information content (AvgIpc) is 2.99. The molecule has 1 aromatic rings. The number of hydrogen-bond acceptors (Lipinski definition) is 2. The summed E-state index contributed by atoms with van der Waals surface area (Å²) in [5.41, 5.74) is 0.411. The molecular weight excluding hydrogens is 280 g/mol. The molecule has 0 amide bonds. The van der Waals surface area contributed by atoms with Crippen LogP contribution in [-0.4, -0.2) is 20.7 Å². The molecule has 2 fully saturated rings. The van der Waals surface area contributed by atoms with Crippen molar-refractivity contribution in [1.29, 1.82) is 0 Å². The number of nitrogens with zero attached hydrogens (tertiary/aromatic N) is 2. The van der Waals surface area contributed by atoms with E-state index in [1.54, 1.807) is 0 Å². The van der Waals surface area contributed by atoms with Crippen molar-refractivity contribution >= 4 is 15.9 Å². The van der Waals surface area contributed by atoms with Crippen molar-refractivity contribution in [2.75, 3.05) is 0 Å². The van der Waals surface area contributed by atoms with Crippen LogP contribution in [0.5, 0.6) is 5.75 Å². The minimum absolute atomic E-state index is 0.392. The second-order valence-electron chi connectivity index (χ2n) is 5.28. The third-order valence-electron chi connectivity index (χ3n) is 4.43. The highest BCUT2D eigenvalue weighted by molar-refractivity contribution is 9.09. The summed E-state index contributed by atoms with van der Waals surface area (Å²) < 4.78 is 8.05. The molecule has 94 valence electrons. The Morgan fingerprint density at radius 1 is 1.53 bits per heavy atom. The van der Waals surface area contributed by atoms with Gasteiger partial charge in [-0.15, -0.1) is 0 Å². The summed E-state index contributed by atoms with van der Waals surface area (Å²) in [6.07, 6.45) is 10.7. The van der Waals surface area contributed by atoms with E-state index in [0.29, 0.717) is 16.3 Å². The lowest BCUT2D eigenvalue weighted by Crippen LogP contribution is -2.55. The van der Waals surface area contributed by atoms with Crippen molar-refractivity contribution in [2.24, 2.45) is 5.41 Å². The first-order valence-corrected chi connectivity index (χ1v) is 7.49. The van der Waals surface area contributed by atoms with E-state index in [9.17, 15) is 0 Å². The standard InChI is InChI=1S/C13H19BrN2O/c1-2-16-9-10(8-15-16)17-12-7-11(14)13(12)5-3-4-6-13/h8-9,11-12H,2-7H2,1H3. The topological polar surface area (TPSA) is 27.1 Å². The van der Waals surface area contributed by atoms with Gasteiger partial charge in [-0.3, -0.25) is 4.68 Å². The molecular formula is C13H19BrN2O. The van der Waals surface area contributed by atoms with Gasteiger partial charge in [0.2, 0.25) is 0 Å². The third kappa shape index (κ3) is 1.81. The molecule has 1 aromatic heterocycles. The van der Waals surface area contributed by atoms with Crippen LogP contribution in [0.2, 0.25) is 0 Å². The lowest BCUT2D eigenvalue weighted by molar-refractivity contribution is -0.0304. The molecule has 17 heavy (non-hydrogen) atoms. The summed E-state index contributed by atoms with van der Waals surface area (Å²) in [6.45, 7) is 2.99. The Balaban J connectivity index is 1.69. The first-order chi connectivity index (χ1) is 8.24. The third-order valence-corrected chi connectivity index (χ3v) is 5.72. The molecule has 4 heteroatoms. The molecule has 2 unspecified atom stereocenters. The maximum atomic E-state index is 6.13. The van der Waals surface area contributed by atoms with Gasteiger partial charge in [-0.25, -0.2) is 0 Å². The fourth-order valence-electron chi connectivity index (χ4n) is 3.28. The van der Waals surface area contributed by atoms with Gasteiger partial charge in [-0.05, 0) is 26.2 Å². The van der Waals surface area contributed by atoms with Crippen LogP contribution in [0.1, 0.15) is 39.0 Å². The largest absolute Gasteiger partial charge is 0.486 e. The Kier molecular flexibility index (Phi) is 2.93. The highest BCUT2D eigenvalue weighted by Crippen LogP contribution is 2.57. The van der Waals surface area contributed by atoms with E-state index in [1.165, 1.54) is 25.7 Å². The van der Waals surface area contributed by atoms with Crippen molar-refractivity contribution < 1.29 is 4.74 Å². The van der Waals surface area contributed by atoms with Crippen molar-refractivity contribution in [3.05, 3.63) is 12.4 Å². The van der Waals surface area contributed by atoms with Crippen LogP contribution in [0.15, 0.2) is 12.4 Å². The van der Waals surface area contributed by atoms with E-state index >= 15 is 0 Å². The van der Waals surface area contributed by atoms with Crippen molar-refractivity contribution in [1.82, 2.24) is 9.78 Å². The fraction of sp³-hybridized carbons (Fsp3) is 0.769. The number of alkyl halides is 1. The molecule has 0 N–H and O–H groups in total. The van der Waals surface area contributed by atoms with Gasteiger partial charge in [0.25, 0.3) is 0 Å². The van der Waals surface area contributed by atoms with E-state index in [-0.39, 0.29) is 0 Å². The SMILES string of the molecule is CCn1cc(OC2CC(Br)C23CCCC3)cn1. The highest BCUT2D eigenvalue weighted by Gasteiger charge is 2.56. The highest BCUT2D eigenvalue weighted by atomic mass is 79.9. The van der Waals surface area contributed by atoms with Gasteiger partial charge in [0, 0.05) is 16.8 Å². The van der Waals surface area contributed by atoms with E-state index in [1.807, 2.05) is 17.1 Å². The lowest BCUT2D eigenvalue weighted by Gasteiger charge is -2.51. The predicted octanol–water partition coefficient (Wildman–Crippen LogP) is 3.38. The van der Waals surface area contributed by atoms with E-state index in [4.69, 9.17) is 4.74 Å². The molecule has 0 radical (unpaired) electrons. The second kappa shape index (κ2) is 4.30. The smallest absolute Gasteiger partial charge is 0.157 e. The van der Waals surface area contributed by atoms with E-state index in [2.05, 4.69) is 28.0 Å². The average molecular weight is 299 g/mol. The molecule has 2 aliphatic carbocycles. The van der Waals surface area contributed by atoms with Crippen LogP contribution in [0.3, 0.4) is 0 Å². The molecule has 1 heterocycles. The fourth-order valence-corrected chi connectivity index (χ4v) is 4.37. The summed E-state index contributed by atoms with van der Waals surface area (Å²) >= 11 is 3.82. The van der Waals surface area contributed by atoms with Gasteiger partial charge in [-0.1, -0.05) is 28.8 Å². The van der Waals surface area contributed by atoms with Gasteiger partial charge >= 0.3 is 0 Å². The van der Waals surface area contributed by atoms with Gasteiger partial charge in [-0.2, -0.15) is 5.10 Å². The quantitative estimate of drug-likeness (QED) is 0.800. The number of ether oxygens (including phenoxy) is 1. The summed E-state index contributed by atoms with van der Waals surface area (Å²) in [6, 6.07) is 0. The maximum Gasteiger partial charge on any atom is 0.157 e. The lowest BCUT2D eigenvalue weighted by atomic mass is 9.64. The number of halogens is 1. The monoisotopic (exact) mass is 298 g/mol. The van der Waals surface area contributed by atoms with Crippen molar-refractivity contribution in [2.45, 2.75) is 56.5 Å². The number of hydrogen-bond donors (Lipinski definition) is 0. The number of aryl methyl sites for hydroxylation is 1. The molecule has 0 aliphatic heterocycles. The Bertz CT molecular complexity index is 398. The second-order valence-corrected chi connectivity index (χ2v) is 6.39. The Morgan fingerprint density at radius 2 is 2.29 bits per heavy atom. The van der Waals surface area contributed by atoms with Crippen LogP contribution in [0.25, 0.3) is 0 Å². The number of aromatic nitrogens is 2. The normalized spacial score (nSPS) is 30.5. The molecule has 2 aliphatic rings. The summed E-state index contributed by atoms with van der Waals surface area (Å²) in [5.74, 6) is 0.933. The Morgan fingerprint density at radius 3 is 2.88 bits per heavy atom. The molecule has 0 saturated heterocycles. The summed E-state index contributed by atoms with van der Waals surface area (Å²) in [4.78, 5) is 0.656. The van der Waals surface area contributed by atoms with Crippen LogP contribution in [0, 0.1) is 5.41 Å². The van der Waals surface area contributed by atoms with Gasteiger partial charge in [0.15, 0.2) is 5.75 Å². The molecule has 3 rings (SSSR count). The first kappa shape index (κ1) is 11.6. The van der Waals surface area contributed by atoms with Gasteiger partial charge in [0.1, 0.15) is 6.10 Å². The minimum Gasteiger partial charge on any atom is -0.486 e. The van der Waals surface area contributed by atoms with Crippen LogP contribution >= 0.6 is 15.9 Å². The molecule has 2 saturated carbocycles. The van der Waals surface area contributed by atoms with Crippen LogP contribution in [-0.2, 0) is 6.54 Å². The summed E-state index contributed by atoms with van der Waals surface area (Å²) in [7, 11) is 0. The number of rotatable bonds is 3. The van der Waals surface area contributed by atoms with E-state index < -0.39 is 0 Å². The molecule has 3 nitrogen and oxygen atoms in total. The maximum absolute atomic E-state index is 6.13. The molecule has 0 aromatic carbocycles. The van der Waals surface area contributed by atoms with E-state index in [0.717, 1.165) is 18.7 Å². The van der Waals surface area contributed by atoms with Gasteiger partial charge < -0.3 is 4.74 Å².